The molecule has 0 spiro atoms. The average Bonchev–Trinajstić information content (AvgIpc) is 2.71. The number of rotatable bonds is 19. The first kappa shape index (κ1) is 34.2. The Kier molecular flexibility index (Phi) is 21.8. The van der Waals surface area contributed by atoms with Gasteiger partial charge in [0.25, 0.3) is 0 Å². The molecule has 0 N–H and O–H groups in total. The molecule has 0 aliphatic rings. The molecule has 0 nitrogen and oxygen atoms in total. The van der Waals surface area contributed by atoms with Gasteiger partial charge in [-0.15, -0.1) is 0 Å². The predicted octanol–water partition coefficient (Wildman–Crippen LogP) is 12.5. The number of unbranched alkanes of at least 4 members (excludes halogenated alkanes) is 16. The van der Waals surface area contributed by atoms with E-state index in [-0.39, 0.29) is 0 Å². The summed E-state index contributed by atoms with van der Waals surface area (Å²) in [6.07, 6.45) is 27.3. The molecular formula is C32H68. The number of hydrogen-bond donors (Lipinski definition) is 0. The van der Waals surface area contributed by atoms with Gasteiger partial charge in [-0.1, -0.05) is 185 Å². The van der Waals surface area contributed by atoms with Gasteiger partial charge in [-0.3, -0.25) is 0 Å². The lowest BCUT2D eigenvalue weighted by molar-refractivity contribution is -0.0147. The maximum Gasteiger partial charge on any atom is -0.0254 e. The van der Waals surface area contributed by atoms with Gasteiger partial charge in [-0.25, -0.2) is 0 Å². The highest BCUT2D eigenvalue weighted by Gasteiger charge is 2.44. The lowest BCUT2D eigenvalue weighted by Gasteiger charge is -2.51. The molecule has 0 aliphatic carbocycles. The summed E-state index contributed by atoms with van der Waals surface area (Å²) in [5, 5.41) is 0. The van der Waals surface area contributed by atoms with Crippen molar-refractivity contribution in [3.8, 4) is 0 Å². The van der Waals surface area contributed by atoms with Crippen LogP contribution in [0.25, 0.3) is 0 Å². The van der Waals surface area contributed by atoms with Gasteiger partial charge in [0.2, 0.25) is 0 Å². The Morgan fingerprint density at radius 2 is 0.594 bits per heavy atom. The molecule has 0 saturated carbocycles. The van der Waals surface area contributed by atoms with Gasteiger partial charge in [0.15, 0.2) is 0 Å². The Morgan fingerprint density at radius 1 is 0.344 bits per heavy atom. The Morgan fingerprint density at radius 3 is 0.844 bits per heavy atom. The molecule has 0 rings (SSSR count). The Bertz CT molecular complexity index is 354. The third kappa shape index (κ3) is 17.5. The van der Waals surface area contributed by atoms with Crippen molar-refractivity contribution in [2.75, 3.05) is 0 Å². The predicted molar refractivity (Wildman–Crippen MR) is 152 cm³/mol. The summed E-state index contributed by atoms with van der Waals surface area (Å²) in [6.45, 7) is 23.8. The fourth-order valence-electron chi connectivity index (χ4n) is 4.59. The monoisotopic (exact) mass is 453 g/mol. The second-order valence-corrected chi connectivity index (χ2v) is 12.8. The second kappa shape index (κ2) is 20.4. The molecule has 0 aromatic carbocycles. The van der Waals surface area contributed by atoms with Gasteiger partial charge in [-0.2, -0.15) is 0 Å². The van der Waals surface area contributed by atoms with Crippen LogP contribution in [-0.4, -0.2) is 0 Å². The lowest BCUT2D eigenvalue weighted by atomic mass is 9.54. The van der Waals surface area contributed by atoms with Crippen LogP contribution in [0.3, 0.4) is 0 Å². The molecule has 0 atom stereocenters. The molecule has 0 amide bonds. The van der Waals surface area contributed by atoms with E-state index in [4.69, 9.17) is 0 Å². The molecule has 32 heavy (non-hydrogen) atoms. The van der Waals surface area contributed by atoms with Gasteiger partial charge in [0.05, 0.1) is 0 Å². The summed E-state index contributed by atoms with van der Waals surface area (Å²) >= 11 is 0. The summed E-state index contributed by atoms with van der Waals surface area (Å²) in [5.41, 5.74) is 1.19. The van der Waals surface area contributed by atoms with E-state index in [1.54, 1.807) is 0 Å². The summed E-state index contributed by atoms with van der Waals surface area (Å²) in [4.78, 5) is 0. The zero-order valence-corrected chi connectivity index (χ0v) is 24.9. The summed E-state index contributed by atoms with van der Waals surface area (Å²) in [5.74, 6) is 0. The summed E-state index contributed by atoms with van der Waals surface area (Å²) in [7, 11) is 0. The van der Waals surface area contributed by atoms with Crippen LogP contribution in [0.15, 0.2) is 0 Å². The van der Waals surface area contributed by atoms with E-state index >= 15 is 0 Å². The Balaban J connectivity index is 0. The SMILES string of the molecule is CCCCCCC(C)(C)C(C)(C)C(C)(C)C.CCCCCCCCCCCCCCCC. The summed E-state index contributed by atoms with van der Waals surface area (Å²) in [6, 6.07) is 0. The van der Waals surface area contributed by atoms with Crippen molar-refractivity contribution in [1.29, 1.82) is 0 Å². The first-order chi connectivity index (χ1) is 15.0. The van der Waals surface area contributed by atoms with Crippen molar-refractivity contribution in [3.05, 3.63) is 0 Å². The molecule has 196 valence electrons. The minimum atomic E-state index is 0.376. The van der Waals surface area contributed by atoms with E-state index in [0.29, 0.717) is 16.2 Å². The topological polar surface area (TPSA) is 0 Å². The third-order valence-corrected chi connectivity index (χ3v) is 8.68. The fourth-order valence-corrected chi connectivity index (χ4v) is 4.59. The third-order valence-electron chi connectivity index (χ3n) is 8.68. The van der Waals surface area contributed by atoms with Gasteiger partial charge in [0.1, 0.15) is 0 Å². The van der Waals surface area contributed by atoms with Crippen molar-refractivity contribution in [3.63, 3.8) is 0 Å². The van der Waals surface area contributed by atoms with Crippen LogP contribution < -0.4 is 0 Å². The molecular weight excluding hydrogens is 384 g/mol. The zero-order valence-electron chi connectivity index (χ0n) is 24.9. The van der Waals surface area contributed by atoms with Crippen LogP contribution in [0.2, 0.25) is 0 Å². The molecule has 0 heteroatoms. The van der Waals surface area contributed by atoms with Crippen LogP contribution in [0.4, 0.5) is 0 Å². The van der Waals surface area contributed by atoms with E-state index in [1.165, 1.54) is 122 Å². The Labute approximate surface area is 207 Å². The van der Waals surface area contributed by atoms with E-state index in [1.807, 2.05) is 0 Å². The smallest absolute Gasteiger partial charge is 0.0254 e. The standard InChI is InChI=1S/2C16H34/c1-9-10-11-12-13-15(5,6)16(7,8)14(2,3)4;1-3-5-7-9-11-13-15-16-14-12-10-8-6-4-2/h9-13H2,1-8H3;3-16H2,1-2H3. The molecule has 0 bridgehead atoms. The van der Waals surface area contributed by atoms with Gasteiger partial charge >= 0.3 is 0 Å². The minimum absolute atomic E-state index is 0.376. The molecule has 0 saturated heterocycles. The van der Waals surface area contributed by atoms with Crippen molar-refractivity contribution in [2.24, 2.45) is 16.2 Å². The van der Waals surface area contributed by atoms with Crippen molar-refractivity contribution in [1.82, 2.24) is 0 Å². The molecule has 0 aromatic heterocycles. The van der Waals surface area contributed by atoms with Crippen molar-refractivity contribution >= 4 is 0 Å². The molecule has 0 aliphatic heterocycles. The maximum atomic E-state index is 2.45. The van der Waals surface area contributed by atoms with E-state index < -0.39 is 0 Å². The fraction of sp³-hybridized carbons (Fsp3) is 1.00. The highest BCUT2D eigenvalue weighted by atomic mass is 14.5. The summed E-state index contributed by atoms with van der Waals surface area (Å²) < 4.78 is 0. The first-order valence-corrected chi connectivity index (χ1v) is 15.0. The maximum absolute atomic E-state index is 2.45. The highest BCUT2D eigenvalue weighted by Crippen LogP contribution is 2.53. The second-order valence-electron chi connectivity index (χ2n) is 12.8. The van der Waals surface area contributed by atoms with Crippen LogP contribution in [0.1, 0.15) is 191 Å². The van der Waals surface area contributed by atoms with Crippen molar-refractivity contribution in [2.45, 2.75) is 191 Å². The van der Waals surface area contributed by atoms with Gasteiger partial charge < -0.3 is 0 Å². The van der Waals surface area contributed by atoms with Crippen LogP contribution in [0.5, 0.6) is 0 Å². The quantitative estimate of drug-likeness (QED) is 0.171. The van der Waals surface area contributed by atoms with E-state index in [0.717, 1.165) is 0 Å². The molecule has 0 fully saturated rings. The van der Waals surface area contributed by atoms with Crippen LogP contribution in [-0.2, 0) is 0 Å². The average molecular weight is 453 g/mol. The minimum Gasteiger partial charge on any atom is -0.0654 e. The highest BCUT2D eigenvalue weighted by molar-refractivity contribution is 4.94. The molecule has 0 radical (unpaired) electrons. The normalized spacial score (nSPS) is 12.6. The van der Waals surface area contributed by atoms with Gasteiger partial charge in [0, 0.05) is 0 Å². The number of hydrogen-bond acceptors (Lipinski definition) is 0. The lowest BCUT2D eigenvalue weighted by Crippen LogP contribution is -2.42. The molecule has 0 aromatic rings. The van der Waals surface area contributed by atoms with E-state index in [9.17, 15) is 0 Å². The first-order valence-electron chi connectivity index (χ1n) is 15.0. The van der Waals surface area contributed by atoms with Crippen LogP contribution in [0, 0.1) is 16.2 Å². The van der Waals surface area contributed by atoms with Crippen molar-refractivity contribution < 1.29 is 0 Å². The Hall–Kier alpha value is 0. The largest absolute Gasteiger partial charge is 0.0654 e. The van der Waals surface area contributed by atoms with E-state index in [2.05, 4.69) is 69.2 Å². The zero-order chi connectivity index (χ0) is 24.9. The van der Waals surface area contributed by atoms with Crippen LogP contribution >= 0.6 is 0 Å². The molecule has 0 unspecified atom stereocenters. The molecule has 0 heterocycles. The van der Waals surface area contributed by atoms with Gasteiger partial charge in [-0.05, 0) is 22.7 Å².